The molecule has 1 N–H and O–H groups in total. The fourth-order valence-corrected chi connectivity index (χ4v) is 1.09. The van der Waals surface area contributed by atoms with Crippen molar-refractivity contribution in [3.8, 4) is 5.75 Å². The Hall–Kier alpha value is -0.625. The molecule has 0 aromatic heterocycles. The molecular weight excluding hydrogens is 146 g/mol. The van der Waals surface area contributed by atoms with E-state index in [2.05, 4.69) is 0 Å². The van der Waals surface area contributed by atoms with Gasteiger partial charge in [0.15, 0.2) is 0 Å². The molecule has 1 nitrogen and oxygen atoms in total. The van der Waals surface area contributed by atoms with Crippen molar-refractivity contribution in [2.75, 3.05) is 0 Å². The Morgan fingerprint density at radius 1 is 1.40 bits per heavy atom. The SMILES string of the molecule is BCc1cc(O)cc(Cl)c1. The minimum Gasteiger partial charge on any atom is -0.508 e. The molecule has 1 rings (SSSR count). The summed E-state index contributed by atoms with van der Waals surface area (Å²) in [7, 11) is 2.02. The molecule has 0 fully saturated rings. The number of hydrogen-bond donors (Lipinski definition) is 1. The van der Waals surface area contributed by atoms with E-state index in [0.717, 1.165) is 11.9 Å². The molecule has 0 aliphatic heterocycles. The highest BCUT2D eigenvalue weighted by atomic mass is 35.5. The normalized spacial score (nSPS) is 9.70. The molecule has 0 radical (unpaired) electrons. The lowest BCUT2D eigenvalue weighted by atomic mass is 9.97. The van der Waals surface area contributed by atoms with Gasteiger partial charge in [-0.3, -0.25) is 0 Å². The smallest absolute Gasteiger partial charge is 0.117 e. The molecule has 10 heavy (non-hydrogen) atoms. The zero-order chi connectivity index (χ0) is 7.56. The molecule has 0 atom stereocenters. The van der Waals surface area contributed by atoms with Gasteiger partial charge in [-0.1, -0.05) is 23.5 Å². The first kappa shape index (κ1) is 7.48. The summed E-state index contributed by atoms with van der Waals surface area (Å²) in [6, 6.07) is 5.09. The molecule has 0 saturated heterocycles. The van der Waals surface area contributed by atoms with Gasteiger partial charge in [-0.05, 0) is 18.2 Å². The van der Waals surface area contributed by atoms with E-state index in [1.165, 1.54) is 6.07 Å². The molecule has 0 aliphatic carbocycles. The van der Waals surface area contributed by atoms with Crippen LogP contribution >= 0.6 is 11.6 Å². The number of benzene rings is 1. The van der Waals surface area contributed by atoms with Gasteiger partial charge in [0.25, 0.3) is 0 Å². The summed E-state index contributed by atoms with van der Waals surface area (Å²) in [6.45, 7) is 0. The van der Waals surface area contributed by atoms with E-state index in [1.807, 2.05) is 13.9 Å². The zero-order valence-corrected chi connectivity index (χ0v) is 6.52. The van der Waals surface area contributed by atoms with E-state index >= 15 is 0 Å². The average Bonchev–Trinajstić information content (AvgIpc) is 1.85. The van der Waals surface area contributed by atoms with Crippen LogP contribution in [0.2, 0.25) is 5.02 Å². The molecule has 0 aliphatic rings. The summed E-state index contributed by atoms with van der Waals surface area (Å²) in [5.74, 6) is 0.240. The van der Waals surface area contributed by atoms with Gasteiger partial charge in [0.2, 0.25) is 0 Å². The minimum absolute atomic E-state index is 0.240. The largest absolute Gasteiger partial charge is 0.508 e. The lowest BCUT2D eigenvalue weighted by molar-refractivity contribution is 0.475. The van der Waals surface area contributed by atoms with Crippen LogP contribution < -0.4 is 0 Å². The maximum atomic E-state index is 9.04. The maximum absolute atomic E-state index is 9.04. The molecule has 0 amide bonds. The van der Waals surface area contributed by atoms with Crippen LogP contribution in [-0.4, -0.2) is 13.0 Å². The van der Waals surface area contributed by atoms with Gasteiger partial charge in [0, 0.05) is 5.02 Å². The van der Waals surface area contributed by atoms with Crippen LogP contribution in [0.1, 0.15) is 5.56 Å². The van der Waals surface area contributed by atoms with Crippen LogP contribution in [0.15, 0.2) is 18.2 Å². The third-order valence-corrected chi connectivity index (χ3v) is 1.57. The molecule has 0 spiro atoms. The Balaban J connectivity index is 3.06. The summed E-state index contributed by atoms with van der Waals surface area (Å²) < 4.78 is 0. The van der Waals surface area contributed by atoms with E-state index in [4.69, 9.17) is 16.7 Å². The van der Waals surface area contributed by atoms with E-state index in [-0.39, 0.29) is 5.75 Å². The summed E-state index contributed by atoms with van der Waals surface area (Å²) in [6.07, 6.45) is 0.897. The first-order valence-corrected chi connectivity index (χ1v) is 3.58. The fraction of sp³-hybridized carbons (Fsp3) is 0.143. The molecule has 1 aromatic carbocycles. The number of aromatic hydroxyl groups is 1. The lowest BCUT2D eigenvalue weighted by Gasteiger charge is -1.97. The van der Waals surface area contributed by atoms with Crippen molar-refractivity contribution in [3.05, 3.63) is 28.8 Å². The summed E-state index contributed by atoms with van der Waals surface area (Å²) in [5, 5.41) is 9.63. The third-order valence-electron chi connectivity index (χ3n) is 1.35. The van der Waals surface area contributed by atoms with Crippen molar-refractivity contribution in [2.45, 2.75) is 6.32 Å². The Bertz CT molecular complexity index is 217. The second kappa shape index (κ2) is 2.97. The fourth-order valence-electron chi connectivity index (χ4n) is 0.837. The molecule has 0 heterocycles. The van der Waals surface area contributed by atoms with Crippen molar-refractivity contribution in [1.29, 1.82) is 0 Å². The summed E-state index contributed by atoms with van der Waals surface area (Å²) in [5.41, 5.74) is 1.06. The Morgan fingerprint density at radius 3 is 2.60 bits per heavy atom. The highest BCUT2D eigenvalue weighted by Crippen LogP contribution is 2.19. The molecule has 52 valence electrons. The summed E-state index contributed by atoms with van der Waals surface area (Å²) in [4.78, 5) is 0. The van der Waals surface area contributed by atoms with E-state index in [9.17, 15) is 0 Å². The molecule has 0 unspecified atom stereocenters. The molecule has 3 heteroatoms. The number of phenolic OH excluding ortho intramolecular Hbond substituents is 1. The van der Waals surface area contributed by atoms with E-state index < -0.39 is 0 Å². The average molecular weight is 154 g/mol. The van der Waals surface area contributed by atoms with Crippen LogP contribution in [0.3, 0.4) is 0 Å². The standard InChI is InChI=1S/C7H8BClO/c8-4-5-1-6(9)3-7(10)2-5/h1-3,10H,4,8H2. The van der Waals surface area contributed by atoms with E-state index in [1.54, 1.807) is 6.07 Å². The van der Waals surface area contributed by atoms with Crippen LogP contribution in [-0.2, 0) is 6.32 Å². The minimum atomic E-state index is 0.240. The first-order valence-electron chi connectivity index (χ1n) is 3.21. The van der Waals surface area contributed by atoms with Crippen LogP contribution in [0.5, 0.6) is 5.75 Å². The Kier molecular flexibility index (Phi) is 2.23. The van der Waals surface area contributed by atoms with Crippen LogP contribution in [0.4, 0.5) is 0 Å². The van der Waals surface area contributed by atoms with Crippen molar-refractivity contribution < 1.29 is 5.11 Å². The Morgan fingerprint density at radius 2 is 2.10 bits per heavy atom. The quantitative estimate of drug-likeness (QED) is 0.602. The van der Waals surface area contributed by atoms with Crippen molar-refractivity contribution in [2.24, 2.45) is 0 Å². The van der Waals surface area contributed by atoms with Gasteiger partial charge in [-0.25, -0.2) is 0 Å². The van der Waals surface area contributed by atoms with Crippen molar-refractivity contribution in [3.63, 3.8) is 0 Å². The van der Waals surface area contributed by atoms with Gasteiger partial charge < -0.3 is 5.11 Å². The highest BCUT2D eigenvalue weighted by molar-refractivity contribution is 6.30. The summed E-state index contributed by atoms with van der Waals surface area (Å²) >= 11 is 5.67. The molecule has 0 saturated carbocycles. The van der Waals surface area contributed by atoms with Crippen LogP contribution in [0.25, 0.3) is 0 Å². The van der Waals surface area contributed by atoms with Gasteiger partial charge in [-0.2, -0.15) is 0 Å². The molecule has 1 aromatic rings. The predicted molar refractivity (Wildman–Crippen MR) is 45.4 cm³/mol. The number of hydrogen-bond acceptors (Lipinski definition) is 1. The topological polar surface area (TPSA) is 20.2 Å². The van der Waals surface area contributed by atoms with Crippen molar-refractivity contribution >= 4 is 19.4 Å². The molecular formula is C7H8BClO. The number of phenols is 1. The second-order valence-electron chi connectivity index (χ2n) is 2.17. The number of halogens is 1. The third kappa shape index (κ3) is 1.68. The lowest BCUT2D eigenvalue weighted by Crippen LogP contribution is -1.81. The second-order valence-corrected chi connectivity index (χ2v) is 2.61. The maximum Gasteiger partial charge on any atom is 0.117 e. The molecule has 0 bridgehead atoms. The van der Waals surface area contributed by atoms with Gasteiger partial charge in [0.1, 0.15) is 13.6 Å². The van der Waals surface area contributed by atoms with Crippen molar-refractivity contribution in [1.82, 2.24) is 0 Å². The van der Waals surface area contributed by atoms with Gasteiger partial charge in [0.05, 0.1) is 0 Å². The predicted octanol–water partition coefficient (Wildman–Crippen LogP) is 1.18. The zero-order valence-electron chi connectivity index (χ0n) is 5.76. The monoisotopic (exact) mass is 154 g/mol. The van der Waals surface area contributed by atoms with Gasteiger partial charge in [-0.15, -0.1) is 0 Å². The number of rotatable bonds is 1. The Labute approximate surface area is 66.0 Å². The highest BCUT2D eigenvalue weighted by Gasteiger charge is 1.94. The van der Waals surface area contributed by atoms with E-state index in [0.29, 0.717) is 5.02 Å². The van der Waals surface area contributed by atoms with Gasteiger partial charge >= 0.3 is 0 Å². The van der Waals surface area contributed by atoms with Crippen LogP contribution in [0, 0.1) is 0 Å². The first-order chi connectivity index (χ1) is 4.72.